The molecule has 0 aliphatic carbocycles. The molecule has 0 aliphatic rings. The van der Waals surface area contributed by atoms with Gasteiger partial charge in [0.1, 0.15) is 11.6 Å². The smallest absolute Gasteiger partial charge is 0.266 e. The highest BCUT2D eigenvalue weighted by molar-refractivity contribution is 5.80. The zero-order valence-electron chi connectivity index (χ0n) is 12.8. The molecule has 1 N–H and O–H groups in total. The fourth-order valence-corrected chi connectivity index (χ4v) is 2.75. The van der Waals surface area contributed by atoms with Crippen LogP contribution in [0.25, 0.3) is 28.0 Å². The van der Waals surface area contributed by atoms with Crippen molar-refractivity contribution in [1.82, 2.24) is 9.55 Å². The van der Waals surface area contributed by atoms with Crippen molar-refractivity contribution in [2.45, 2.75) is 0 Å². The minimum atomic E-state index is -0.116. The average molecular weight is 314 g/mol. The second-order valence-electron chi connectivity index (χ2n) is 5.48. The van der Waals surface area contributed by atoms with Crippen LogP contribution in [-0.4, -0.2) is 14.7 Å². The number of benzene rings is 3. The first-order valence-corrected chi connectivity index (χ1v) is 7.61. The Morgan fingerprint density at radius 1 is 0.792 bits per heavy atom. The van der Waals surface area contributed by atoms with Crippen molar-refractivity contribution in [3.8, 4) is 22.8 Å². The standard InChI is InChI=1S/C20H14N2O2/c23-16-12-10-14(11-13-16)19-21-18-9-5-4-8-17(18)20(24)22(19)15-6-2-1-3-7-15/h1-13,23H. The molecule has 116 valence electrons. The van der Waals surface area contributed by atoms with Crippen LogP contribution in [0, 0.1) is 0 Å². The monoisotopic (exact) mass is 314 g/mol. The molecule has 0 unspecified atom stereocenters. The minimum absolute atomic E-state index is 0.116. The molecule has 4 nitrogen and oxygen atoms in total. The first kappa shape index (κ1) is 14.2. The number of rotatable bonds is 2. The lowest BCUT2D eigenvalue weighted by Crippen LogP contribution is -2.21. The predicted molar refractivity (Wildman–Crippen MR) is 94.4 cm³/mol. The Bertz CT molecular complexity index is 1070. The lowest BCUT2D eigenvalue weighted by atomic mass is 10.1. The van der Waals surface area contributed by atoms with E-state index >= 15 is 0 Å². The van der Waals surface area contributed by atoms with E-state index in [1.165, 1.54) is 0 Å². The average Bonchev–Trinajstić information content (AvgIpc) is 2.63. The van der Waals surface area contributed by atoms with Crippen LogP contribution in [0.15, 0.2) is 83.7 Å². The molecule has 1 aromatic heterocycles. The van der Waals surface area contributed by atoms with Gasteiger partial charge in [0.05, 0.1) is 16.6 Å². The molecule has 3 aromatic carbocycles. The van der Waals surface area contributed by atoms with E-state index < -0.39 is 0 Å². The molecule has 0 radical (unpaired) electrons. The van der Waals surface area contributed by atoms with Gasteiger partial charge in [0.25, 0.3) is 5.56 Å². The van der Waals surface area contributed by atoms with Gasteiger partial charge in [-0.25, -0.2) is 4.98 Å². The molecular formula is C20H14N2O2. The highest BCUT2D eigenvalue weighted by atomic mass is 16.3. The Kier molecular flexibility index (Phi) is 3.35. The zero-order valence-corrected chi connectivity index (χ0v) is 12.8. The number of aromatic hydroxyl groups is 1. The van der Waals surface area contributed by atoms with E-state index in [4.69, 9.17) is 4.98 Å². The van der Waals surface area contributed by atoms with Crippen LogP contribution in [0.3, 0.4) is 0 Å². The molecule has 1 heterocycles. The molecule has 0 amide bonds. The van der Waals surface area contributed by atoms with Crippen LogP contribution < -0.4 is 5.56 Å². The lowest BCUT2D eigenvalue weighted by Gasteiger charge is -2.13. The van der Waals surface area contributed by atoms with E-state index in [1.54, 1.807) is 34.9 Å². The highest BCUT2D eigenvalue weighted by Crippen LogP contribution is 2.23. The van der Waals surface area contributed by atoms with Gasteiger partial charge in [-0.15, -0.1) is 0 Å². The van der Waals surface area contributed by atoms with E-state index in [0.29, 0.717) is 16.7 Å². The maximum Gasteiger partial charge on any atom is 0.266 e. The van der Waals surface area contributed by atoms with Crippen molar-refractivity contribution in [3.05, 3.63) is 89.2 Å². The van der Waals surface area contributed by atoms with Crippen molar-refractivity contribution in [3.63, 3.8) is 0 Å². The molecule has 0 saturated carbocycles. The van der Waals surface area contributed by atoms with Gasteiger partial charge < -0.3 is 5.11 Å². The van der Waals surface area contributed by atoms with Crippen molar-refractivity contribution >= 4 is 10.9 Å². The number of hydrogen-bond donors (Lipinski definition) is 1. The summed E-state index contributed by atoms with van der Waals surface area (Å²) in [4.78, 5) is 17.8. The lowest BCUT2D eigenvalue weighted by molar-refractivity contribution is 0.475. The van der Waals surface area contributed by atoms with Gasteiger partial charge in [-0.1, -0.05) is 30.3 Å². The van der Waals surface area contributed by atoms with E-state index in [9.17, 15) is 9.90 Å². The minimum Gasteiger partial charge on any atom is -0.508 e. The van der Waals surface area contributed by atoms with Crippen molar-refractivity contribution in [2.24, 2.45) is 0 Å². The summed E-state index contributed by atoms with van der Waals surface area (Å²) in [5, 5.41) is 10.1. The molecular weight excluding hydrogens is 300 g/mol. The molecule has 0 bridgehead atoms. The molecule has 4 rings (SSSR count). The summed E-state index contributed by atoms with van der Waals surface area (Å²) in [6.07, 6.45) is 0. The highest BCUT2D eigenvalue weighted by Gasteiger charge is 2.14. The third-order valence-electron chi connectivity index (χ3n) is 3.92. The topological polar surface area (TPSA) is 55.1 Å². The van der Waals surface area contributed by atoms with Crippen LogP contribution >= 0.6 is 0 Å². The van der Waals surface area contributed by atoms with Gasteiger partial charge in [0.2, 0.25) is 0 Å². The van der Waals surface area contributed by atoms with Gasteiger partial charge in [-0.3, -0.25) is 9.36 Å². The summed E-state index contributed by atoms with van der Waals surface area (Å²) in [5.74, 6) is 0.720. The van der Waals surface area contributed by atoms with E-state index in [2.05, 4.69) is 0 Å². The van der Waals surface area contributed by atoms with Crippen molar-refractivity contribution in [1.29, 1.82) is 0 Å². The summed E-state index contributed by atoms with van der Waals surface area (Å²) >= 11 is 0. The fourth-order valence-electron chi connectivity index (χ4n) is 2.75. The summed E-state index contributed by atoms with van der Waals surface area (Å²) in [6, 6.07) is 23.4. The molecule has 4 heteroatoms. The normalized spacial score (nSPS) is 10.8. The number of phenols is 1. The summed E-state index contributed by atoms with van der Waals surface area (Å²) in [5.41, 5.74) is 2.05. The molecule has 0 fully saturated rings. The van der Waals surface area contributed by atoms with Gasteiger partial charge in [0, 0.05) is 5.56 Å². The van der Waals surface area contributed by atoms with Crippen LogP contribution in [0.5, 0.6) is 5.75 Å². The molecule has 0 spiro atoms. The van der Waals surface area contributed by atoms with Crippen LogP contribution in [0.4, 0.5) is 0 Å². The Labute approximate surface area is 138 Å². The number of fused-ring (bicyclic) bond motifs is 1. The van der Waals surface area contributed by atoms with E-state index in [0.717, 1.165) is 11.3 Å². The maximum absolute atomic E-state index is 13.1. The third-order valence-corrected chi connectivity index (χ3v) is 3.92. The second kappa shape index (κ2) is 5.66. The molecule has 4 aromatic rings. The molecule has 0 atom stereocenters. The number of hydrogen-bond acceptors (Lipinski definition) is 3. The van der Waals surface area contributed by atoms with E-state index in [-0.39, 0.29) is 11.3 Å². The number of aromatic nitrogens is 2. The predicted octanol–water partition coefficient (Wildman–Crippen LogP) is 3.76. The largest absolute Gasteiger partial charge is 0.508 e. The molecule has 0 aliphatic heterocycles. The maximum atomic E-state index is 13.1. The number of nitrogens with zero attached hydrogens (tertiary/aromatic N) is 2. The fraction of sp³-hybridized carbons (Fsp3) is 0. The molecule has 0 saturated heterocycles. The first-order chi connectivity index (χ1) is 11.7. The number of para-hydroxylation sites is 2. The Balaban J connectivity index is 2.11. The van der Waals surface area contributed by atoms with Gasteiger partial charge in [-0.05, 0) is 48.5 Å². The van der Waals surface area contributed by atoms with Crippen molar-refractivity contribution < 1.29 is 5.11 Å². The quantitative estimate of drug-likeness (QED) is 0.613. The zero-order chi connectivity index (χ0) is 16.5. The van der Waals surface area contributed by atoms with Crippen LogP contribution in [0.1, 0.15) is 0 Å². The first-order valence-electron chi connectivity index (χ1n) is 7.61. The van der Waals surface area contributed by atoms with E-state index in [1.807, 2.05) is 48.5 Å². The second-order valence-corrected chi connectivity index (χ2v) is 5.48. The van der Waals surface area contributed by atoms with Crippen LogP contribution in [0.2, 0.25) is 0 Å². The Hall–Kier alpha value is -3.40. The number of phenolic OH excluding ortho intramolecular Hbond substituents is 1. The molecule has 24 heavy (non-hydrogen) atoms. The third kappa shape index (κ3) is 2.34. The van der Waals surface area contributed by atoms with Crippen molar-refractivity contribution in [2.75, 3.05) is 0 Å². The van der Waals surface area contributed by atoms with Gasteiger partial charge in [0.15, 0.2) is 0 Å². The SMILES string of the molecule is O=c1c2ccccc2nc(-c2ccc(O)cc2)n1-c1ccccc1. The van der Waals surface area contributed by atoms with Gasteiger partial charge in [-0.2, -0.15) is 0 Å². The summed E-state index contributed by atoms with van der Waals surface area (Å²) in [7, 11) is 0. The summed E-state index contributed by atoms with van der Waals surface area (Å²) < 4.78 is 1.61. The van der Waals surface area contributed by atoms with Crippen LogP contribution in [-0.2, 0) is 0 Å². The Morgan fingerprint density at radius 2 is 1.46 bits per heavy atom. The Morgan fingerprint density at radius 3 is 2.21 bits per heavy atom. The van der Waals surface area contributed by atoms with Gasteiger partial charge >= 0.3 is 0 Å². The summed E-state index contributed by atoms with van der Waals surface area (Å²) in [6.45, 7) is 0.